The molecule has 0 radical (unpaired) electrons. The first-order valence-corrected chi connectivity index (χ1v) is 8.40. The van der Waals surface area contributed by atoms with Crippen molar-refractivity contribution < 1.29 is 0 Å². The Labute approximate surface area is 109 Å². The molecule has 1 nitrogen and oxygen atoms in total. The van der Waals surface area contributed by atoms with Crippen molar-refractivity contribution in [1.82, 2.24) is 4.98 Å². The second kappa shape index (κ2) is 6.92. The summed E-state index contributed by atoms with van der Waals surface area (Å²) in [6.07, 6.45) is 1.25. The Bertz CT molecular complexity index is 297. The quantitative estimate of drug-likeness (QED) is 0.553. The first-order valence-electron chi connectivity index (χ1n) is 5.31. The Morgan fingerprint density at radius 1 is 1.47 bits per heavy atom. The van der Waals surface area contributed by atoms with Gasteiger partial charge in [0.15, 0.2) is 0 Å². The van der Waals surface area contributed by atoms with Crippen LogP contribution < -0.4 is 0 Å². The molecule has 0 unspecified atom stereocenters. The fourth-order valence-electron chi connectivity index (χ4n) is 1.33. The van der Waals surface area contributed by atoms with Crippen LogP contribution in [0.4, 0.5) is 0 Å². The van der Waals surface area contributed by atoms with Crippen molar-refractivity contribution in [2.75, 3.05) is 5.75 Å². The van der Waals surface area contributed by atoms with Crippen molar-refractivity contribution in [2.45, 2.75) is 44.2 Å². The second-order valence-corrected chi connectivity index (χ2v) is 6.59. The molecule has 0 N–H and O–H groups in total. The summed E-state index contributed by atoms with van der Waals surface area (Å²) in [4.78, 5) is 6.12. The molecule has 0 bridgehead atoms. The Morgan fingerprint density at radius 2 is 2.20 bits per heavy atom. The minimum Gasteiger partial charge on any atom is -0.245 e. The van der Waals surface area contributed by atoms with Gasteiger partial charge in [-0.2, -0.15) is 11.8 Å². The molecule has 1 aromatic rings. The van der Waals surface area contributed by atoms with E-state index in [1.165, 1.54) is 27.8 Å². The number of aromatic nitrogens is 1. The molecule has 0 atom stereocenters. The summed E-state index contributed by atoms with van der Waals surface area (Å²) in [7, 11) is 0. The molecule has 0 aliphatic rings. The van der Waals surface area contributed by atoms with Crippen molar-refractivity contribution in [3.05, 3.63) is 15.6 Å². The number of halogens is 1. The topological polar surface area (TPSA) is 12.9 Å². The van der Waals surface area contributed by atoms with Gasteiger partial charge in [-0.3, -0.25) is 0 Å². The molecular weight excluding hydrogens is 290 g/mol. The van der Waals surface area contributed by atoms with Gasteiger partial charge in [-0.25, -0.2) is 4.98 Å². The average molecular weight is 308 g/mol. The van der Waals surface area contributed by atoms with Crippen LogP contribution in [0.3, 0.4) is 0 Å². The van der Waals surface area contributed by atoms with Crippen LogP contribution in [0.15, 0.2) is 0 Å². The standard InChI is InChI=1S/C11H18BrNS2/c1-4-5-14-7-10-13-11(8(2)3)9(6-12)15-10/h8H,4-7H2,1-3H3. The van der Waals surface area contributed by atoms with Crippen LogP contribution in [0.1, 0.15) is 48.7 Å². The van der Waals surface area contributed by atoms with Crippen LogP contribution >= 0.6 is 39.0 Å². The molecule has 0 fully saturated rings. The third-order valence-corrected chi connectivity index (χ3v) is 5.37. The van der Waals surface area contributed by atoms with E-state index in [1.54, 1.807) is 0 Å². The van der Waals surface area contributed by atoms with Gasteiger partial charge in [0.1, 0.15) is 5.01 Å². The maximum atomic E-state index is 4.72. The van der Waals surface area contributed by atoms with Gasteiger partial charge >= 0.3 is 0 Å². The van der Waals surface area contributed by atoms with Gasteiger partial charge in [-0.05, 0) is 18.1 Å². The highest BCUT2D eigenvalue weighted by atomic mass is 79.9. The Hall–Kier alpha value is 0.460. The summed E-state index contributed by atoms with van der Waals surface area (Å²) in [5, 5.41) is 2.22. The van der Waals surface area contributed by atoms with Gasteiger partial charge in [-0.15, -0.1) is 11.3 Å². The fraction of sp³-hybridized carbons (Fsp3) is 0.727. The van der Waals surface area contributed by atoms with Gasteiger partial charge < -0.3 is 0 Å². The molecule has 0 aromatic carbocycles. The summed E-state index contributed by atoms with van der Waals surface area (Å²) in [5.41, 5.74) is 1.28. The summed E-state index contributed by atoms with van der Waals surface area (Å²) in [6, 6.07) is 0. The highest BCUT2D eigenvalue weighted by Crippen LogP contribution is 2.29. The van der Waals surface area contributed by atoms with Crippen LogP contribution in [0, 0.1) is 0 Å². The third kappa shape index (κ3) is 4.08. The minimum atomic E-state index is 0.540. The lowest BCUT2D eigenvalue weighted by molar-refractivity contribution is 0.819. The van der Waals surface area contributed by atoms with Gasteiger partial charge in [0.2, 0.25) is 0 Å². The smallest absolute Gasteiger partial charge is 0.103 e. The van der Waals surface area contributed by atoms with Gasteiger partial charge in [0.05, 0.1) is 5.69 Å². The molecule has 86 valence electrons. The molecule has 1 aromatic heterocycles. The molecule has 0 amide bonds. The van der Waals surface area contributed by atoms with Crippen molar-refractivity contribution in [2.24, 2.45) is 0 Å². The number of hydrogen-bond donors (Lipinski definition) is 0. The zero-order chi connectivity index (χ0) is 11.3. The van der Waals surface area contributed by atoms with Crippen molar-refractivity contribution in [3.8, 4) is 0 Å². The van der Waals surface area contributed by atoms with E-state index in [0.29, 0.717) is 5.92 Å². The molecule has 0 aliphatic carbocycles. The highest BCUT2D eigenvalue weighted by Gasteiger charge is 2.12. The van der Waals surface area contributed by atoms with E-state index in [2.05, 4.69) is 36.7 Å². The molecule has 1 rings (SSSR count). The number of thioether (sulfide) groups is 1. The van der Waals surface area contributed by atoms with E-state index < -0.39 is 0 Å². The number of thiazole rings is 1. The van der Waals surface area contributed by atoms with Crippen molar-refractivity contribution >= 4 is 39.0 Å². The lowest BCUT2D eigenvalue weighted by Crippen LogP contribution is -1.92. The first-order chi connectivity index (χ1) is 7.19. The Kier molecular flexibility index (Phi) is 6.24. The Balaban J connectivity index is 2.65. The second-order valence-electron chi connectivity index (χ2n) is 3.76. The van der Waals surface area contributed by atoms with Gasteiger partial charge in [0.25, 0.3) is 0 Å². The predicted octanol–water partition coefficient (Wildman–Crippen LogP) is 4.80. The highest BCUT2D eigenvalue weighted by molar-refractivity contribution is 9.08. The van der Waals surface area contributed by atoms with E-state index in [9.17, 15) is 0 Å². The normalized spacial score (nSPS) is 11.3. The monoisotopic (exact) mass is 307 g/mol. The molecule has 15 heavy (non-hydrogen) atoms. The number of alkyl halides is 1. The predicted molar refractivity (Wildman–Crippen MR) is 75.3 cm³/mol. The van der Waals surface area contributed by atoms with Crippen LogP contribution in [0.25, 0.3) is 0 Å². The summed E-state index contributed by atoms with van der Waals surface area (Å²) < 4.78 is 0. The van der Waals surface area contributed by atoms with Crippen LogP contribution in [-0.2, 0) is 11.1 Å². The largest absolute Gasteiger partial charge is 0.245 e. The first kappa shape index (κ1) is 13.5. The molecule has 1 heterocycles. The lowest BCUT2D eigenvalue weighted by atomic mass is 10.1. The van der Waals surface area contributed by atoms with Crippen LogP contribution in [0.5, 0.6) is 0 Å². The summed E-state index contributed by atoms with van der Waals surface area (Å²) in [5.74, 6) is 2.85. The van der Waals surface area contributed by atoms with Gasteiger partial charge in [-0.1, -0.05) is 36.7 Å². The van der Waals surface area contributed by atoms with E-state index in [-0.39, 0.29) is 0 Å². The molecule has 0 spiro atoms. The van der Waals surface area contributed by atoms with E-state index in [0.717, 1.165) is 11.1 Å². The number of hydrogen-bond acceptors (Lipinski definition) is 3. The molecule has 0 saturated carbocycles. The minimum absolute atomic E-state index is 0.540. The van der Waals surface area contributed by atoms with E-state index in [1.807, 2.05) is 23.1 Å². The van der Waals surface area contributed by atoms with Crippen molar-refractivity contribution in [1.29, 1.82) is 0 Å². The fourth-order valence-corrected chi connectivity index (χ4v) is 3.98. The van der Waals surface area contributed by atoms with E-state index >= 15 is 0 Å². The molecular formula is C11H18BrNS2. The maximum Gasteiger partial charge on any atom is 0.103 e. The van der Waals surface area contributed by atoms with Crippen molar-refractivity contribution in [3.63, 3.8) is 0 Å². The summed E-state index contributed by atoms with van der Waals surface area (Å²) >= 11 is 7.38. The molecule has 4 heteroatoms. The van der Waals surface area contributed by atoms with Gasteiger partial charge in [0, 0.05) is 16.0 Å². The average Bonchev–Trinajstić information content (AvgIpc) is 2.62. The maximum absolute atomic E-state index is 4.72. The zero-order valence-corrected chi connectivity index (χ0v) is 12.8. The van der Waals surface area contributed by atoms with Crippen LogP contribution in [0.2, 0.25) is 0 Å². The SMILES string of the molecule is CCCSCc1nc(C(C)C)c(CBr)s1. The molecule has 0 saturated heterocycles. The number of nitrogens with zero attached hydrogens (tertiary/aromatic N) is 1. The third-order valence-electron chi connectivity index (χ3n) is 2.01. The lowest BCUT2D eigenvalue weighted by Gasteiger charge is -2.01. The summed E-state index contributed by atoms with van der Waals surface area (Å²) in [6.45, 7) is 6.65. The Morgan fingerprint density at radius 3 is 2.67 bits per heavy atom. The van der Waals surface area contributed by atoms with Crippen LogP contribution in [-0.4, -0.2) is 10.7 Å². The zero-order valence-electron chi connectivity index (χ0n) is 9.55. The molecule has 0 aliphatic heterocycles. The number of rotatable bonds is 6. The van der Waals surface area contributed by atoms with E-state index in [4.69, 9.17) is 4.98 Å².